The van der Waals surface area contributed by atoms with Crippen LogP contribution in [0.3, 0.4) is 0 Å². The van der Waals surface area contributed by atoms with Gasteiger partial charge in [0, 0.05) is 18.1 Å². The molecule has 0 aliphatic heterocycles. The third kappa shape index (κ3) is 5.70. The molecule has 0 aliphatic rings. The Morgan fingerprint density at radius 2 is 1.90 bits per heavy atom. The monoisotopic (exact) mass is 353 g/mol. The SMILES string of the molecule is COCC(C)OCC(O)CNc1c(F)cc(Br)cc1F. The maximum atomic E-state index is 13.5. The van der Waals surface area contributed by atoms with E-state index in [0.29, 0.717) is 11.1 Å². The molecule has 0 heterocycles. The van der Waals surface area contributed by atoms with Crippen LogP contribution in [0.1, 0.15) is 6.92 Å². The molecule has 0 fully saturated rings. The maximum Gasteiger partial charge on any atom is 0.150 e. The zero-order valence-corrected chi connectivity index (χ0v) is 12.9. The normalized spacial score (nSPS) is 14.1. The molecule has 0 bridgehead atoms. The first-order chi connectivity index (χ1) is 9.43. The number of aliphatic hydroxyl groups is 1. The van der Waals surface area contributed by atoms with Crippen LogP contribution in [0.25, 0.3) is 0 Å². The van der Waals surface area contributed by atoms with Crippen molar-refractivity contribution in [3.63, 3.8) is 0 Å². The minimum atomic E-state index is -0.878. The molecule has 0 aliphatic carbocycles. The van der Waals surface area contributed by atoms with Gasteiger partial charge in [0.05, 0.1) is 25.4 Å². The highest BCUT2D eigenvalue weighted by Gasteiger charge is 2.13. The molecule has 0 aromatic heterocycles. The lowest BCUT2D eigenvalue weighted by atomic mass is 10.2. The third-order valence-corrected chi connectivity index (χ3v) is 2.95. The first-order valence-corrected chi connectivity index (χ1v) is 6.90. The van der Waals surface area contributed by atoms with Crippen LogP contribution in [-0.2, 0) is 9.47 Å². The largest absolute Gasteiger partial charge is 0.389 e. The lowest BCUT2D eigenvalue weighted by molar-refractivity contribution is -0.0282. The molecule has 0 radical (unpaired) electrons. The second kappa shape index (κ2) is 8.51. The van der Waals surface area contributed by atoms with Crippen LogP contribution < -0.4 is 5.32 Å². The van der Waals surface area contributed by atoms with Crippen LogP contribution in [0.2, 0.25) is 0 Å². The van der Waals surface area contributed by atoms with Crippen molar-refractivity contribution >= 4 is 21.6 Å². The summed E-state index contributed by atoms with van der Waals surface area (Å²) in [6.07, 6.45) is -1.03. The fourth-order valence-corrected chi connectivity index (χ4v) is 1.95. The predicted molar refractivity (Wildman–Crippen MR) is 75.8 cm³/mol. The Labute approximate surface area is 125 Å². The van der Waals surface area contributed by atoms with Crippen molar-refractivity contribution in [3.8, 4) is 0 Å². The number of methoxy groups -OCH3 is 1. The Morgan fingerprint density at radius 3 is 2.45 bits per heavy atom. The van der Waals surface area contributed by atoms with E-state index in [0.717, 1.165) is 12.1 Å². The molecule has 114 valence electrons. The van der Waals surface area contributed by atoms with E-state index in [4.69, 9.17) is 9.47 Å². The summed E-state index contributed by atoms with van der Waals surface area (Å²) in [4.78, 5) is 0. The van der Waals surface area contributed by atoms with Gasteiger partial charge < -0.3 is 19.9 Å². The number of aliphatic hydroxyl groups excluding tert-OH is 1. The van der Waals surface area contributed by atoms with E-state index >= 15 is 0 Å². The molecule has 20 heavy (non-hydrogen) atoms. The topological polar surface area (TPSA) is 50.7 Å². The number of rotatable bonds is 8. The minimum Gasteiger partial charge on any atom is -0.389 e. The average molecular weight is 354 g/mol. The third-order valence-electron chi connectivity index (χ3n) is 2.50. The summed E-state index contributed by atoms with van der Waals surface area (Å²) >= 11 is 2.99. The van der Waals surface area contributed by atoms with Crippen molar-refractivity contribution < 1.29 is 23.4 Å². The van der Waals surface area contributed by atoms with E-state index in [-0.39, 0.29) is 24.9 Å². The van der Waals surface area contributed by atoms with Crippen LogP contribution in [0, 0.1) is 11.6 Å². The number of hydrogen-bond acceptors (Lipinski definition) is 4. The predicted octanol–water partition coefficient (Wildman–Crippen LogP) is 2.55. The van der Waals surface area contributed by atoms with Gasteiger partial charge in [0.2, 0.25) is 0 Å². The fourth-order valence-electron chi connectivity index (χ4n) is 1.55. The lowest BCUT2D eigenvalue weighted by Crippen LogP contribution is -2.28. The molecule has 2 unspecified atom stereocenters. The van der Waals surface area contributed by atoms with E-state index in [9.17, 15) is 13.9 Å². The number of anilines is 1. The second-order valence-corrected chi connectivity index (χ2v) is 5.29. The van der Waals surface area contributed by atoms with Gasteiger partial charge in [-0.3, -0.25) is 0 Å². The molecule has 4 nitrogen and oxygen atoms in total. The summed E-state index contributed by atoms with van der Waals surface area (Å²) in [7, 11) is 1.55. The van der Waals surface area contributed by atoms with Gasteiger partial charge in [0.1, 0.15) is 17.3 Å². The van der Waals surface area contributed by atoms with Crippen molar-refractivity contribution in [2.24, 2.45) is 0 Å². The standard InChI is InChI=1S/C13H18BrF2NO3/c1-8(6-19-2)20-7-10(18)5-17-13-11(15)3-9(14)4-12(13)16/h3-4,8,10,17-18H,5-7H2,1-2H3. The fraction of sp³-hybridized carbons (Fsp3) is 0.538. The van der Waals surface area contributed by atoms with Crippen LogP contribution in [0.4, 0.5) is 14.5 Å². The molecule has 0 saturated carbocycles. The van der Waals surface area contributed by atoms with E-state index in [1.807, 2.05) is 0 Å². The molecule has 2 N–H and O–H groups in total. The Bertz CT molecular complexity index is 411. The Morgan fingerprint density at radius 1 is 1.30 bits per heavy atom. The van der Waals surface area contributed by atoms with Gasteiger partial charge in [0.15, 0.2) is 0 Å². The Balaban J connectivity index is 2.43. The van der Waals surface area contributed by atoms with Gasteiger partial charge in [-0.05, 0) is 19.1 Å². The zero-order chi connectivity index (χ0) is 15.1. The number of benzene rings is 1. The zero-order valence-electron chi connectivity index (χ0n) is 11.3. The lowest BCUT2D eigenvalue weighted by Gasteiger charge is -2.17. The Kier molecular flexibility index (Phi) is 7.36. The summed E-state index contributed by atoms with van der Waals surface area (Å²) < 4.78 is 37.5. The summed E-state index contributed by atoms with van der Waals surface area (Å²) in [5.74, 6) is -1.45. The molecule has 2 atom stereocenters. The number of nitrogens with one attached hydrogen (secondary N) is 1. The highest BCUT2D eigenvalue weighted by Crippen LogP contribution is 2.23. The quantitative estimate of drug-likeness (QED) is 0.754. The highest BCUT2D eigenvalue weighted by molar-refractivity contribution is 9.10. The van der Waals surface area contributed by atoms with Crippen molar-refractivity contribution in [1.29, 1.82) is 0 Å². The summed E-state index contributed by atoms with van der Waals surface area (Å²) in [6, 6.07) is 2.30. The van der Waals surface area contributed by atoms with Gasteiger partial charge in [-0.25, -0.2) is 8.78 Å². The minimum absolute atomic E-state index is 0.0187. The van der Waals surface area contributed by atoms with Gasteiger partial charge in [0.25, 0.3) is 0 Å². The Hall–Kier alpha value is -0.760. The van der Waals surface area contributed by atoms with Crippen LogP contribution in [0.15, 0.2) is 16.6 Å². The van der Waals surface area contributed by atoms with E-state index in [2.05, 4.69) is 21.2 Å². The molecular weight excluding hydrogens is 336 g/mol. The molecule has 0 saturated heterocycles. The first kappa shape index (κ1) is 17.3. The van der Waals surface area contributed by atoms with Crippen LogP contribution >= 0.6 is 15.9 Å². The molecule has 0 amide bonds. The maximum absolute atomic E-state index is 13.5. The van der Waals surface area contributed by atoms with Gasteiger partial charge in [-0.15, -0.1) is 0 Å². The second-order valence-electron chi connectivity index (χ2n) is 4.38. The summed E-state index contributed by atoms with van der Waals surface area (Å²) in [5, 5.41) is 12.2. The van der Waals surface area contributed by atoms with Crippen molar-refractivity contribution in [2.45, 2.75) is 19.1 Å². The number of halogens is 3. The number of ether oxygens (including phenoxy) is 2. The average Bonchev–Trinajstić information content (AvgIpc) is 2.35. The van der Waals surface area contributed by atoms with E-state index < -0.39 is 17.7 Å². The van der Waals surface area contributed by atoms with Crippen molar-refractivity contribution in [1.82, 2.24) is 0 Å². The van der Waals surface area contributed by atoms with Crippen molar-refractivity contribution in [3.05, 3.63) is 28.2 Å². The molecule has 1 aromatic rings. The molecule has 0 spiro atoms. The van der Waals surface area contributed by atoms with Crippen LogP contribution in [-0.4, -0.2) is 44.2 Å². The first-order valence-electron chi connectivity index (χ1n) is 6.11. The van der Waals surface area contributed by atoms with Gasteiger partial charge in [-0.1, -0.05) is 15.9 Å². The molecule has 1 aromatic carbocycles. The van der Waals surface area contributed by atoms with Gasteiger partial charge >= 0.3 is 0 Å². The van der Waals surface area contributed by atoms with Gasteiger partial charge in [-0.2, -0.15) is 0 Å². The molecule has 7 heteroatoms. The highest BCUT2D eigenvalue weighted by atomic mass is 79.9. The smallest absolute Gasteiger partial charge is 0.150 e. The van der Waals surface area contributed by atoms with Crippen LogP contribution in [0.5, 0.6) is 0 Å². The summed E-state index contributed by atoms with van der Waals surface area (Å²) in [6.45, 7) is 2.25. The summed E-state index contributed by atoms with van der Waals surface area (Å²) in [5.41, 5.74) is -0.266. The van der Waals surface area contributed by atoms with E-state index in [1.54, 1.807) is 14.0 Å². The number of hydrogen-bond donors (Lipinski definition) is 2. The van der Waals surface area contributed by atoms with E-state index in [1.165, 1.54) is 0 Å². The molecule has 1 rings (SSSR count). The molecular formula is C13H18BrF2NO3. The van der Waals surface area contributed by atoms with Crippen molar-refractivity contribution in [2.75, 3.05) is 32.2 Å².